The SMILES string of the molecule is CC1(N)C=CC(N(c2ccc(N)cc2)c2ccc(N)cc2)=CC1. The summed E-state index contributed by atoms with van der Waals surface area (Å²) in [5.41, 5.74) is 22.2. The van der Waals surface area contributed by atoms with Gasteiger partial charge in [0.2, 0.25) is 0 Å². The van der Waals surface area contributed by atoms with Gasteiger partial charge in [0.25, 0.3) is 0 Å². The zero-order valence-corrected chi connectivity index (χ0v) is 13.2. The van der Waals surface area contributed by atoms with Crippen LogP contribution in [0.3, 0.4) is 0 Å². The second-order valence-electron chi connectivity index (χ2n) is 6.19. The summed E-state index contributed by atoms with van der Waals surface area (Å²) in [6.45, 7) is 2.02. The van der Waals surface area contributed by atoms with Crippen molar-refractivity contribution >= 4 is 22.7 Å². The Morgan fingerprint density at radius 1 is 0.870 bits per heavy atom. The minimum Gasteiger partial charge on any atom is -0.399 e. The van der Waals surface area contributed by atoms with Gasteiger partial charge in [-0.25, -0.2) is 0 Å². The van der Waals surface area contributed by atoms with Gasteiger partial charge in [-0.2, -0.15) is 0 Å². The maximum Gasteiger partial charge on any atom is 0.0462 e. The molecule has 0 radical (unpaired) electrons. The molecule has 1 aliphatic rings. The fourth-order valence-electron chi connectivity index (χ4n) is 2.60. The molecular weight excluding hydrogens is 284 g/mol. The lowest BCUT2D eigenvalue weighted by atomic mass is 9.93. The van der Waals surface area contributed by atoms with Crippen molar-refractivity contribution in [1.29, 1.82) is 0 Å². The van der Waals surface area contributed by atoms with Crippen LogP contribution in [0.2, 0.25) is 0 Å². The lowest BCUT2D eigenvalue weighted by Crippen LogP contribution is -2.35. The van der Waals surface area contributed by atoms with Crippen LogP contribution in [-0.2, 0) is 0 Å². The summed E-state index contributed by atoms with van der Waals surface area (Å²) in [5, 5.41) is 0. The quantitative estimate of drug-likeness (QED) is 0.757. The summed E-state index contributed by atoms with van der Waals surface area (Å²) in [7, 11) is 0. The minimum absolute atomic E-state index is 0.294. The van der Waals surface area contributed by atoms with Crippen molar-refractivity contribution in [1.82, 2.24) is 0 Å². The Morgan fingerprint density at radius 3 is 1.74 bits per heavy atom. The van der Waals surface area contributed by atoms with Crippen LogP contribution in [0.4, 0.5) is 22.7 Å². The highest BCUT2D eigenvalue weighted by molar-refractivity contribution is 5.72. The first kappa shape index (κ1) is 15.2. The van der Waals surface area contributed by atoms with Crippen LogP contribution in [0, 0.1) is 0 Å². The van der Waals surface area contributed by atoms with Crippen molar-refractivity contribution in [2.45, 2.75) is 18.9 Å². The van der Waals surface area contributed by atoms with Crippen LogP contribution < -0.4 is 22.1 Å². The van der Waals surface area contributed by atoms with E-state index in [1.54, 1.807) is 0 Å². The Labute approximate surface area is 136 Å². The summed E-state index contributed by atoms with van der Waals surface area (Å²) < 4.78 is 0. The maximum absolute atomic E-state index is 6.17. The van der Waals surface area contributed by atoms with Gasteiger partial charge in [-0.05, 0) is 68.0 Å². The monoisotopic (exact) mass is 306 g/mol. The Hall–Kier alpha value is -2.72. The molecule has 23 heavy (non-hydrogen) atoms. The van der Waals surface area contributed by atoms with Crippen LogP contribution >= 0.6 is 0 Å². The lowest BCUT2D eigenvalue weighted by Gasteiger charge is -2.31. The zero-order chi connectivity index (χ0) is 16.4. The van der Waals surface area contributed by atoms with Gasteiger partial charge in [0.1, 0.15) is 0 Å². The number of nitrogens with two attached hydrogens (primary N) is 3. The normalized spacial score (nSPS) is 20.2. The second kappa shape index (κ2) is 5.82. The zero-order valence-electron chi connectivity index (χ0n) is 13.2. The molecule has 1 unspecified atom stereocenters. The fourth-order valence-corrected chi connectivity index (χ4v) is 2.60. The molecule has 2 aromatic rings. The van der Waals surface area contributed by atoms with Crippen molar-refractivity contribution in [3.05, 3.63) is 72.5 Å². The van der Waals surface area contributed by atoms with Gasteiger partial charge in [-0.15, -0.1) is 0 Å². The largest absolute Gasteiger partial charge is 0.399 e. The fraction of sp³-hybridized carbons (Fsp3) is 0.158. The Bertz CT molecular complexity index is 694. The first-order valence-electron chi connectivity index (χ1n) is 7.64. The molecule has 4 nitrogen and oxygen atoms in total. The Balaban J connectivity index is 2.04. The molecule has 0 fully saturated rings. The highest BCUT2D eigenvalue weighted by Crippen LogP contribution is 2.33. The highest BCUT2D eigenvalue weighted by atomic mass is 15.1. The predicted octanol–water partition coefficient (Wildman–Crippen LogP) is 3.55. The van der Waals surface area contributed by atoms with Crippen molar-refractivity contribution in [2.75, 3.05) is 16.4 Å². The molecule has 0 bridgehead atoms. The smallest absolute Gasteiger partial charge is 0.0462 e. The number of nitrogen functional groups attached to an aromatic ring is 2. The van der Waals surface area contributed by atoms with E-state index in [0.29, 0.717) is 0 Å². The number of nitrogens with zero attached hydrogens (tertiary/aromatic N) is 1. The van der Waals surface area contributed by atoms with Gasteiger partial charge in [-0.3, -0.25) is 0 Å². The molecule has 2 aromatic carbocycles. The third-order valence-electron chi connectivity index (χ3n) is 3.95. The number of benzene rings is 2. The molecule has 0 saturated carbocycles. The Kier molecular flexibility index (Phi) is 3.84. The number of hydrogen-bond donors (Lipinski definition) is 3. The molecule has 1 atom stereocenters. The minimum atomic E-state index is -0.294. The van der Waals surface area contributed by atoms with E-state index in [0.717, 1.165) is 34.9 Å². The molecule has 3 rings (SSSR count). The van der Waals surface area contributed by atoms with E-state index < -0.39 is 0 Å². The van der Waals surface area contributed by atoms with Crippen molar-refractivity contribution < 1.29 is 0 Å². The van der Waals surface area contributed by atoms with Crippen molar-refractivity contribution in [2.24, 2.45) is 5.73 Å². The van der Waals surface area contributed by atoms with Gasteiger partial charge in [0.15, 0.2) is 0 Å². The van der Waals surface area contributed by atoms with Gasteiger partial charge in [0.05, 0.1) is 0 Å². The first-order valence-corrected chi connectivity index (χ1v) is 7.64. The molecule has 0 aromatic heterocycles. The number of anilines is 4. The molecule has 0 spiro atoms. The Morgan fingerprint density at radius 2 is 1.35 bits per heavy atom. The van der Waals surface area contributed by atoms with Gasteiger partial charge >= 0.3 is 0 Å². The predicted molar refractivity (Wildman–Crippen MR) is 98.3 cm³/mol. The summed E-state index contributed by atoms with van der Waals surface area (Å²) >= 11 is 0. The highest BCUT2D eigenvalue weighted by Gasteiger charge is 2.21. The summed E-state index contributed by atoms with van der Waals surface area (Å²) in [6, 6.07) is 15.7. The average molecular weight is 306 g/mol. The molecule has 0 saturated heterocycles. The van der Waals surface area contributed by atoms with Crippen molar-refractivity contribution in [3.63, 3.8) is 0 Å². The molecule has 0 heterocycles. The maximum atomic E-state index is 6.17. The summed E-state index contributed by atoms with van der Waals surface area (Å²) in [5.74, 6) is 0. The lowest BCUT2D eigenvalue weighted by molar-refractivity contribution is 0.585. The average Bonchev–Trinajstić information content (AvgIpc) is 2.53. The van der Waals surface area contributed by atoms with Gasteiger partial charge in [-0.1, -0.05) is 12.2 Å². The summed E-state index contributed by atoms with van der Waals surface area (Å²) in [4.78, 5) is 2.17. The van der Waals surface area contributed by atoms with Crippen LogP contribution in [-0.4, -0.2) is 5.54 Å². The van der Waals surface area contributed by atoms with Crippen molar-refractivity contribution in [3.8, 4) is 0 Å². The third-order valence-corrected chi connectivity index (χ3v) is 3.95. The molecule has 4 heteroatoms. The second-order valence-corrected chi connectivity index (χ2v) is 6.19. The number of rotatable bonds is 3. The van der Waals surface area contributed by atoms with E-state index in [1.165, 1.54) is 0 Å². The van der Waals surface area contributed by atoms with Crippen LogP contribution in [0.25, 0.3) is 0 Å². The van der Waals surface area contributed by atoms with E-state index in [1.807, 2.05) is 61.5 Å². The standard InChI is InChI=1S/C19H22N4/c1-19(22)12-10-18(11-13-19)23(16-6-2-14(20)3-7-16)17-8-4-15(21)5-9-17/h2-12H,13,20-22H2,1H3. The molecule has 6 N–H and O–H groups in total. The third kappa shape index (κ3) is 3.38. The van der Waals surface area contributed by atoms with E-state index >= 15 is 0 Å². The van der Waals surface area contributed by atoms with Crippen LogP contribution in [0.5, 0.6) is 0 Å². The topological polar surface area (TPSA) is 81.3 Å². The molecule has 1 aliphatic carbocycles. The van der Waals surface area contributed by atoms with E-state index in [9.17, 15) is 0 Å². The molecule has 0 amide bonds. The number of hydrogen-bond acceptors (Lipinski definition) is 4. The van der Waals surface area contributed by atoms with Gasteiger partial charge < -0.3 is 22.1 Å². The number of allylic oxidation sites excluding steroid dienone is 1. The first-order chi connectivity index (χ1) is 10.9. The van der Waals surface area contributed by atoms with E-state index in [2.05, 4.69) is 17.1 Å². The summed E-state index contributed by atoms with van der Waals surface area (Å²) in [6.07, 6.45) is 7.06. The molecular formula is C19H22N4. The molecule has 0 aliphatic heterocycles. The molecule has 118 valence electrons. The van der Waals surface area contributed by atoms with E-state index in [-0.39, 0.29) is 5.54 Å². The van der Waals surface area contributed by atoms with Gasteiger partial charge in [0, 0.05) is 34.0 Å². The van der Waals surface area contributed by atoms with E-state index in [4.69, 9.17) is 17.2 Å². The van der Waals surface area contributed by atoms with Crippen LogP contribution in [0.15, 0.2) is 72.5 Å². The van der Waals surface area contributed by atoms with Crippen LogP contribution in [0.1, 0.15) is 13.3 Å².